The van der Waals surface area contributed by atoms with Crippen molar-refractivity contribution in [1.82, 2.24) is 15.5 Å². The zero-order valence-electron chi connectivity index (χ0n) is 20.1. The highest BCUT2D eigenvalue weighted by molar-refractivity contribution is 5.92. The van der Waals surface area contributed by atoms with Gasteiger partial charge in [-0.05, 0) is 61.0 Å². The van der Waals surface area contributed by atoms with Crippen LogP contribution >= 0.6 is 0 Å². The third-order valence-corrected chi connectivity index (χ3v) is 4.21. The van der Waals surface area contributed by atoms with Crippen LogP contribution < -0.4 is 10.6 Å². The van der Waals surface area contributed by atoms with Gasteiger partial charge < -0.3 is 25.4 Å². The summed E-state index contributed by atoms with van der Waals surface area (Å²) in [5.41, 5.74) is 1.28. The van der Waals surface area contributed by atoms with Crippen molar-refractivity contribution in [1.29, 1.82) is 0 Å². The lowest BCUT2D eigenvalue weighted by Crippen LogP contribution is -2.54. The normalized spacial score (nSPS) is 13.7. The summed E-state index contributed by atoms with van der Waals surface area (Å²) >= 11 is 0. The Morgan fingerprint density at radius 1 is 1.03 bits per heavy atom. The first-order valence-corrected chi connectivity index (χ1v) is 10.3. The number of nitrogens with zero attached hydrogens (tertiary/aromatic N) is 1. The molecule has 1 rings (SSSR count). The molecule has 2 atom stereocenters. The van der Waals surface area contributed by atoms with Crippen LogP contribution in [0.3, 0.4) is 0 Å². The molecule has 0 aliphatic rings. The van der Waals surface area contributed by atoms with E-state index in [2.05, 4.69) is 10.6 Å². The van der Waals surface area contributed by atoms with E-state index in [1.807, 2.05) is 52.8 Å². The first-order chi connectivity index (χ1) is 14.0. The summed E-state index contributed by atoms with van der Waals surface area (Å²) in [6.07, 6.45) is -0.824. The smallest absolute Gasteiger partial charge is 0.408 e. The molecule has 1 aromatic carbocycles. The molecule has 0 fully saturated rings. The molecule has 174 valence electrons. The zero-order chi connectivity index (χ0) is 24.1. The summed E-state index contributed by atoms with van der Waals surface area (Å²) in [7, 11) is 1.48. The zero-order valence-corrected chi connectivity index (χ0v) is 20.1. The van der Waals surface area contributed by atoms with Crippen LogP contribution in [0.4, 0.5) is 4.79 Å². The topological polar surface area (TPSA) is 108 Å². The van der Waals surface area contributed by atoms with E-state index < -0.39 is 41.8 Å². The number of alkyl carbamates (subject to hydrolysis) is 1. The van der Waals surface area contributed by atoms with Crippen molar-refractivity contribution in [3.63, 3.8) is 0 Å². The maximum Gasteiger partial charge on any atom is 0.408 e. The van der Waals surface area contributed by atoms with E-state index >= 15 is 0 Å². The van der Waals surface area contributed by atoms with Crippen LogP contribution in [0.25, 0.3) is 0 Å². The molecule has 0 spiro atoms. The van der Waals surface area contributed by atoms with Crippen molar-refractivity contribution in [2.24, 2.45) is 0 Å². The minimum absolute atomic E-state index is 0.359. The van der Waals surface area contributed by atoms with Gasteiger partial charge in [0.25, 0.3) is 0 Å². The first-order valence-electron chi connectivity index (χ1n) is 10.3. The quantitative estimate of drug-likeness (QED) is 0.637. The molecule has 3 amide bonds. The van der Waals surface area contributed by atoms with Crippen LogP contribution in [0.5, 0.6) is 0 Å². The molecule has 8 nitrogen and oxygen atoms in total. The molecule has 31 heavy (non-hydrogen) atoms. The maximum atomic E-state index is 13.2. The van der Waals surface area contributed by atoms with Gasteiger partial charge in [0.15, 0.2) is 0 Å². The highest BCUT2D eigenvalue weighted by atomic mass is 16.6. The van der Waals surface area contributed by atoms with Gasteiger partial charge in [-0.25, -0.2) is 4.79 Å². The number of hydrogen-bond donors (Lipinski definition) is 3. The predicted molar refractivity (Wildman–Crippen MR) is 120 cm³/mol. The summed E-state index contributed by atoms with van der Waals surface area (Å²) in [5.74, 6) is -0.969. The van der Waals surface area contributed by atoms with Crippen LogP contribution in [-0.2, 0) is 14.3 Å². The highest BCUT2D eigenvalue weighted by Gasteiger charge is 2.35. The molecule has 1 aromatic rings. The minimum Gasteiger partial charge on any atom is -0.444 e. The second-order valence-corrected chi connectivity index (χ2v) is 9.89. The third-order valence-electron chi connectivity index (χ3n) is 4.21. The molecule has 0 saturated heterocycles. The van der Waals surface area contributed by atoms with Crippen LogP contribution in [0.15, 0.2) is 18.2 Å². The Balaban J connectivity index is 3.25. The molecular formula is C23H37N3O5. The Hall–Kier alpha value is -2.61. The van der Waals surface area contributed by atoms with Crippen molar-refractivity contribution in [2.75, 3.05) is 13.7 Å². The Labute approximate surface area is 185 Å². The van der Waals surface area contributed by atoms with Crippen molar-refractivity contribution in [3.05, 3.63) is 34.9 Å². The Morgan fingerprint density at radius 3 is 1.97 bits per heavy atom. The molecule has 0 aliphatic heterocycles. The number of aliphatic hydroxyl groups excluding tert-OH is 1. The Bertz CT molecular complexity index is 788. The summed E-state index contributed by atoms with van der Waals surface area (Å²) in [6.45, 7) is 13.8. The summed E-state index contributed by atoms with van der Waals surface area (Å²) in [6, 6.07) is 3.47. The van der Waals surface area contributed by atoms with Crippen LogP contribution in [0, 0.1) is 13.8 Å². The lowest BCUT2D eigenvalue weighted by atomic mass is 9.98. The van der Waals surface area contributed by atoms with E-state index in [4.69, 9.17) is 4.74 Å². The number of carbonyl (C=O) groups excluding carboxylic acids is 3. The van der Waals surface area contributed by atoms with Gasteiger partial charge in [0.1, 0.15) is 17.7 Å². The number of amides is 3. The van der Waals surface area contributed by atoms with Crippen molar-refractivity contribution >= 4 is 17.9 Å². The van der Waals surface area contributed by atoms with Gasteiger partial charge in [-0.15, -0.1) is 0 Å². The number of aliphatic hydroxyl groups is 1. The number of benzene rings is 1. The van der Waals surface area contributed by atoms with Gasteiger partial charge in [-0.2, -0.15) is 0 Å². The number of aryl methyl sites for hydroxylation is 2. The lowest BCUT2D eigenvalue weighted by molar-refractivity contribution is -0.142. The predicted octanol–water partition coefficient (Wildman–Crippen LogP) is 2.60. The molecule has 2 unspecified atom stereocenters. The van der Waals surface area contributed by atoms with Crippen molar-refractivity contribution in [3.8, 4) is 0 Å². The van der Waals surface area contributed by atoms with Gasteiger partial charge >= 0.3 is 6.09 Å². The lowest BCUT2D eigenvalue weighted by Gasteiger charge is -2.33. The molecule has 0 saturated carbocycles. The van der Waals surface area contributed by atoms with Crippen molar-refractivity contribution < 1.29 is 24.2 Å². The number of likely N-dealkylation sites (N-methyl/N-ethyl adjacent to an activating group) is 1. The number of ether oxygens (including phenoxy) is 1. The fourth-order valence-corrected chi connectivity index (χ4v) is 3.16. The summed E-state index contributed by atoms with van der Waals surface area (Å²) < 4.78 is 5.18. The van der Waals surface area contributed by atoms with Gasteiger partial charge in [0, 0.05) is 12.6 Å². The molecular weight excluding hydrogens is 398 g/mol. The molecule has 0 aliphatic carbocycles. The third kappa shape index (κ3) is 8.57. The Kier molecular flexibility index (Phi) is 8.64. The highest BCUT2D eigenvalue weighted by Crippen LogP contribution is 2.24. The van der Waals surface area contributed by atoms with E-state index in [1.54, 1.807) is 20.8 Å². The van der Waals surface area contributed by atoms with E-state index in [0.29, 0.717) is 5.56 Å². The standard InChI is InChI=1S/C23H37N3O5/c1-14-10-15(2)12-16(11-14)18(19(28)25-22(3,4)5)26(9)20(29)17(13-27)24-21(30)31-23(6,7)8/h10-12,17-18,27H,13H2,1-9H3,(H,24,30)(H,25,28). The number of nitrogens with one attached hydrogen (secondary N) is 2. The molecule has 0 aromatic heterocycles. The van der Waals surface area contributed by atoms with Crippen LogP contribution in [0.1, 0.15) is 64.3 Å². The van der Waals surface area contributed by atoms with Gasteiger partial charge in [0.2, 0.25) is 11.8 Å². The second-order valence-electron chi connectivity index (χ2n) is 9.89. The Morgan fingerprint density at radius 2 is 1.55 bits per heavy atom. The van der Waals surface area contributed by atoms with E-state index in [-0.39, 0.29) is 5.91 Å². The van der Waals surface area contributed by atoms with E-state index in [9.17, 15) is 19.5 Å². The fraction of sp³-hybridized carbons (Fsp3) is 0.609. The molecule has 3 N–H and O–H groups in total. The number of rotatable bonds is 6. The van der Waals surface area contributed by atoms with Gasteiger partial charge in [0.05, 0.1) is 6.61 Å². The fourth-order valence-electron chi connectivity index (χ4n) is 3.16. The van der Waals surface area contributed by atoms with E-state index in [0.717, 1.165) is 11.1 Å². The van der Waals surface area contributed by atoms with Crippen LogP contribution in [0.2, 0.25) is 0 Å². The van der Waals surface area contributed by atoms with Crippen molar-refractivity contribution in [2.45, 2.75) is 78.6 Å². The number of carbonyl (C=O) groups is 3. The van der Waals surface area contributed by atoms with Gasteiger partial charge in [-0.3, -0.25) is 9.59 Å². The monoisotopic (exact) mass is 435 g/mol. The second kappa shape index (κ2) is 10.1. The largest absolute Gasteiger partial charge is 0.444 e. The SMILES string of the molecule is Cc1cc(C)cc(C(C(=O)NC(C)(C)C)N(C)C(=O)C(CO)NC(=O)OC(C)(C)C)c1. The van der Waals surface area contributed by atoms with E-state index in [1.165, 1.54) is 11.9 Å². The minimum atomic E-state index is -1.25. The summed E-state index contributed by atoms with van der Waals surface area (Å²) in [4.78, 5) is 39.7. The molecule has 0 radical (unpaired) electrons. The average Bonchev–Trinajstić information content (AvgIpc) is 2.55. The molecule has 0 heterocycles. The maximum absolute atomic E-state index is 13.2. The summed E-state index contributed by atoms with van der Waals surface area (Å²) in [5, 5.41) is 15.0. The average molecular weight is 436 g/mol. The number of hydrogen-bond acceptors (Lipinski definition) is 5. The first kappa shape index (κ1) is 26.4. The van der Waals surface area contributed by atoms with Gasteiger partial charge in [-0.1, -0.05) is 29.3 Å². The molecule has 8 heteroatoms. The molecule has 0 bridgehead atoms. The van der Waals surface area contributed by atoms with Crippen LogP contribution in [-0.4, -0.2) is 58.8 Å².